The summed E-state index contributed by atoms with van der Waals surface area (Å²) in [7, 11) is 0. The van der Waals surface area contributed by atoms with Crippen molar-refractivity contribution in [3.63, 3.8) is 0 Å². The predicted octanol–water partition coefficient (Wildman–Crippen LogP) is 2.47. The van der Waals surface area contributed by atoms with Crippen LogP contribution in [0.4, 0.5) is 0 Å². The number of H-pyrrole nitrogens is 1. The molecule has 0 radical (unpaired) electrons. The van der Waals surface area contributed by atoms with E-state index < -0.39 is 0 Å². The molecule has 2 N–H and O–H groups in total. The summed E-state index contributed by atoms with van der Waals surface area (Å²) in [5.41, 5.74) is 1.03. The Morgan fingerprint density at radius 3 is 2.92 bits per heavy atom. The third kappa shape index (κ3) is 3.00. The number of likely N-dealkylation sites (tertiary alicyclic amines) is 1. The zero-order chi connectivity index (χ0) is 16.5. The molecule has 1 aliphatic heterocycles. The Hall–Kier alpha value is -2.02. The molecule has 4 rings (SSSR count). The first-order valence-corrected chi connectivity index (χ1v) is 8.96. The van der Waals surface area contributed by atoms with E-state index in [9.17, 15) is 9.90 Å². The van der Waals surface area contributed by atoms with Gasteiger partial charge in [-0.05, 0) is 30.5 Å². The van der Waals surface area contributed by atoms with Crippen LogP contribution < -0.4 is 5.56 Å². The zero-order valence-corrected chi connectivity index (χ0v) is 14.1. The Balaban J connectivity index is 1.64. The van der Waals surface area contributed by atoms with Gasteiger partial charge in [0.2, 0.25) is 0 Å². The van der Waals surface area contributed by atoms with Crippen molar-refractivity contribution in [2.24, 2.45) is 5.92 Å². The number of hydrogen-bond donors (Lipinski definition) is 2. The van der Waals surface area contributed by atoms with E-state index in [2.05, 4.69) is 14.9 Å². The molecule has 1 aliphatic rings. The zero-order valence-electron chi connectivity index (χ0n) is 13.2. The van der Waals surface area contributed by atoms with Gasteiger partial charge in [-0.2, -0.15) is 0 Å². The van der Waals surface area contributed by atoms with Gasteiger partial charge in [0.1, 0.15) is 10.7 Å². The fourth-order valence-corrected chi connectivity index (χ4v) is 4.27. The Labute approximate surface area is 143 Å². The molecule has 0 saturated carbocycles. The largest absolute Gasteiger partial charge is 0.396 e. The first-order chi connectivity index (χ1) is 11.7. The maximum Gasteiger partial charge on any atom is 0.259 e. The van der Waals surface area contributed by atoms with Gasteiger partial charge in [-0.25, -0.2) is 4.98 Å². The molecule has 6 heteroatoms. The summed E-state index contributed by atoms with van der Waals surface area (Å²) in [6.45, 7) is 2.65. The van der Waals surface area contributed by atoms with Crippen molar-refractivity contribution >= 4 is 21.6 Å². The number of aromatic amines is 1. The second-order valence-corrected chi connectivity index (χ2v) is 7.31. The minimum absolute atomic E-state index is 0.0775. The maximum atomic E-state index is 12.4. The minimum Gasteiger partial charge on any atom is -0.396 e. The fraction of sp³-hybridized carbons (Fsp3) is 0.333. The molecule has 124 valence electrons. The van der Waals surface area contributed by atoms with Crippen LogP contribution in [0.2, 0.25) is 0 Å². The van der Waals surface area contributed by atoms with Crippen molar-refractivity contribution < 1.29 is 5.11 Å². The number of hydrogen-bond acceptors (Lipinski definition) is 5. The molecule has 0 amide bonds. The van der Waals surface area contributed by atoms with E-state index in [0.717, 1.165) is 34.8 Å². The first kappa shape index (κ1) is 15.5. The molecule has 1 atom stereocenters. The Kier molecular flexibility index (Phi) is 4.18. The molecular formula is C18H19N3O2S. The van der Waals surface area contributed by atoms with E-state index in [1.165, 1.54) is 0 Å². The molecular weight excluding hydrogens is 322 g/mol. The average Bonchev–Trinajstić information content (AvgIpc) is 3.22. The molecule has 5 nitrogen and oxygen atoms in total. The first-order valence-electron chi connectivity index (χ1n) is 8.14. The summed E-state index contributed by atoms with van der Waals surface area (Å²) in [5, 5.41) is 9.90. The standard InChI is InChI=1S/C18H19N3O2S/c22-11-12-6-7-21(9-12)10-16-19-17(23)14-8-15(24-18(14)20-16)13-4-2-1-3-5-13/h1-5,8,12,22H,6-7,9-11H2,(H,19,20,23). The summed E-state index contributed by atoms with van der Waals surface area (Å²) >= 11 is 1.55. The molecule has 1 unspecified atom stereocenters. The third-order valence-corrected chi connectivity index (χ3v) is 5.59. The molecule has 0 spiro atoms. The van der Waals surface area contributed by atoms with E-state index in [4.69, 9.17) is 0 Å². The van der Waals surface area contributed by atoms with E-state index in [1.807, 2.05) is 36.4 Å². The van der Waals surface area contributed by atoms with Crippen LogP contribution in [0.15, 0.2) is 41.2 Å². The van der Waals surface area contributed by atoms with Gasteiger partial charge in [-0.15, -0.1) is 11.3 Å². The van der Waals surface area contributed by atoms with E-state index >= 15 is 0 Å². The van der Waals surface area contributed by atoms with Crippen molar-refractivity contribution in [2.45, 2.75) is 13.0 Å². The topological polar surface area (TPSA) is 69.2 Å². The van der Waals surface area contributed by atoms with Crippen LogP contribution in [0.3, 0.4) is 0 Å². The van der Waals surface area contributed by atoms with Gasteiger partial charge >= 0.3 is 0 Å². The van der Waals surface area contributed by atoms with Gasteiger partial charge in [0, 0.05) is 18.0 Å². The minimum atomic E-state index is -0.0775. The summed E-state index contributed by atoms with van der Waals surface area (Å²) in [6.07, 6.45) is 1.00. The second-order valence-electron chi connectivity index (χ2n) is 6.28. The van der Waals surface area contributed by atoms with Crippen LogP contribution in [-0.4, -0.2) is 39.7 Å². The normalized spacial score (nSPS) is 18.5. The molecule has 3 aromatic rings. The monoisotopic (exact) mass is 341 g/mol. The van der Waals surface area contributed by atoms with Crippen LogP contribution in [0.25, 0.3) is 20.7 Å². The number of nitrogens with one attached hydrogen (secondary N) is 1. The van der Waals surface area contributed by atoms with E-state index in [1.54, 1.807) is 11.3 Å². The van der Waals surface area contributed by atoms with E-state index in [-0.39, 0.29) is 12.2 Å². The molecule has 0 aliphatic carbocycles. The van der Waals surface area contributed by atoms with Crippen molar-refractivity contribution in [1.82, 2.24) is 14.9 Å². The fourth-order valence-electron chi connectivity index (χ4n) is 3.21. The van der Waals surface area contributed by atoms with Gasteiger partial charge in [0.05, 0.1) is 11.9 Å². The Bertz CT molecular complexity index is 904. The maximum absolute atomic E-state index is 12.4. The SMILES string of the molecule is O=c1[nH]c(CN2CCC(CO)C2)nc2sc(-c3ccccc3)cc12. The second kappa shape index (κ2) is 6.47. The lowest BCUT2D eigenvalue weighted by atomic mass is 10.1. The lowest BCUT2D eigenvalue weighted by molar-refractivity contribution is 0.219. The van der Waals surface area contributed by atoms with Crippen molar-refractivity contribution in [3.05, 3.63) is 52.6 Å². The lowest BCUT2D eigenvalue weighted by Crippen LogP contribution is -2.24. The van der Waals surface area contributed by atoms with Gasteiger partial charge < -0.3 is 10.1 Å². The number of benzene rings is 1. The highest BCUT2D eigenvalue weighted by atomic mass is 32.1. The summed E-state index contributed by atoms with van der Waals surface area (Å²) in [5.74, 6) is 1.04. The molecule has 1 fully saturated rings. The van der Waals surface area contributed by atoms with Gasteiger partial charge in [0.25, 0.3) is 5.56 Å². The van der Waals surface area contributed by atoms with Gasteiger partial charge in [0.15, 0.2) is 0 Å². The quantitative estimate of drug-likeness (QED) is 0.765. The van der Waals surface area contributed by atoms with Gasteiger partial charge in [-0.1, -0.05) is 30.3 Å². The number of fused-ring (bicyclic) bond motifs is 1. The molecule has 24 heavy (non-hydrogen) atoms. The predicted molar refractivity (Wildman–Crippen MR) is 96.1 cm³/mol. The number of thiophene rings is 1. The summed E-state index contributed by atoms with van der Waals surface area (Å²) < 4.78 is 0. The molecule has 1 saturated heterocycles. The van der Waals surface area contributed by atoms with Crippen molar-refractivity contribution in [2.75, 3.05) is 19.7 Å². The third-order valence-electron chi connectivity index (χ3n) is 4.51. The highest BCUT2D eigenvalue weighted by Gasteiger charge is 2.22. The Morgan fingerprint density at radius 1 is 1.33 bits per heavy atom. The van der Waals surface area contributed by atoms with Crippen LogP contribution in [0.1, 0.15) is 12.2 Å². The van der Waals surface area contributed by atoms with Crippen LogP contribution >= 0.6 is 11.3 Å². The average molecular weight is 341 g/mol. The van der Waals surface area contributed by atoms with Crippen molar-refractivity contribution in [3.8, 4) is 10.4 Å². The smallest absolute Gasteiger partial charge is 0.259 e. The summed E-state index contributed by atoms with van der Waals surface area (Å²) in [6, 6.07) is 12.0. The summed E-state index contributed by atoms with van der Waals surface area (Å²) in [4.78, 5) is 24.0. The van der Waals surface area contributed by atoms with Crippen LogP contribution in [0, 0.1) is 5.92 Å². The highest BCUT2D eigenvalue weighted by Crippen LogP contribution is 2.30. The van der Waals surface area contributed by atoms with Crippen molar-refractivity contribution in [1.29, 1.82) is 0 Å². The molecule has 1 aromatic carbocycles. The molecule has 2 aromatic heterocycles. The highest BCUT2D eigenvalue weighted by molar-refractivity contribution is 7.21. The number of rotatable bonds is 4. The molecule has 3 heterocycles. The number of aromatic nitrogens is 2. The number of aliphatic hydroxyl groups excluding tert-OH is 1. The Morgan fingerprint density at radius 2 is 2.17 bits per heavy atom. The number of aliphatic hydroxyl groups is 1. The van der Waals surface area contributed by atoms with Crippen LogP contribution in [-0.2, 0) is 6.54 Å². The van der Waals surface area contributed by atoms with Gasteiger partial charge in [-0.3, -0.25) is 9.69 Å². The lowest BCUT2D eigenvalue weighted by Gasteiger charge is -2.14. The van der Waals surface area contributed by atoms with Crippen LogP contribution in [0.5, 0.6) is 0 Å². The number of nitrogens with zero attached hydrogens (tertiary/aromatic N) is 2. The molecule has 0 bridgehead atoms. The van der Waals surface area contributed by atoms with E-state index in [0.29, 0.717) is 23.7 Å².